The number of rotatable bonds is 5. The van der Waals surface area contributed by atoms with Crippen molar-refractivity contribution in [2.75, 3.05) is 7.11 Å². The molecular formula is C19H23N3O3. The summed E-state index contributed by atoms with van der Waals surface area (Å²) in [6.45, 7) is 1.96. The Balaban J connectivity index is 1.49. The molecular weight excluding hydrogens is 318 g/mol. The average molecular weight is 341 g/mol. The second-order valence-electron chi connectivity index (χ2n) is 7.10. The van der Waals surface area contributed by atoms with Crippen LogP contribution in [0.2, 0.25) is 0 Å². The number of aliphatic hydroxyl groups excluding tert-OH is 1. The quantitative estimate of drug-likeness (QED) is 0.874. The van der Waals surface area contributed by atoms with Crippen LogP contribution in [0.4, 0.5) is 0 Å². The molecule has 0 aliphatic heterocycles. The molecule has 1 amide bonds. The Morgan fingerprint density at radius 1 is 1.40 bits per heavy atom. The predicted molar refractivity (Wildman–Crippen MR) is 92.8 cm³/mol. The Morgan fingerprint density at radius 2 is 2.20 bits per heavy atom. The Labute approximate surface area is 146 Å². The van der Waals surface area contributed by atoms with Gasteiger partial charge in [-0.15, -0.1) is 0 Å². The van der Waals surface area contributed by atoms with Crippen molar-refractivity contribution in [3.63, 3.8) is 0 Å². The summed E-state index contributed by atoms with van der Waals surface area (Å²) in [6, 6.07) is 5.27. The number of benzene rings is 1. The maximum atomic E-state index is 12.7. The summed E-state index contributed by atoms with van der Waals surface area (Å²) in [5.41, 5.74) is 2.79. The third kappa shape index (κ3) is 3.02. The predicted octanol–water partition coefficient (Wildman–Crippen LogP) is 2.18. The Bertz CT molecular complexity index is 797. The first-order chi connectivity index (χ1) is 12.1. The van der Waals surface area contributed by atoms with Crippen LogP contribution >= 0.6 is 0 Å². The Morgan fingerprint density at radius 3 is 2.80 bits per heavy atom. The first kappa shape index (κ1) is 16.1. The molecule has 2 aromatic rings. The number of carbonyl (C=O) groups is 1. The molecule has 2 N–H and O–H groups in total. The van der Waals surface area contributed by atoms with Crippen molar-refractivity contribution in [2.45, 2.75) is 50.3 Å². The van der Waals surface area contributed by atoms with Crippen LogP contribution in [0.5, 0.6) is 5.75 Å². The van der Waals surface area contributed by atoms with Gasteiger partial charge >= 0.3 is 0 Å². The smallest absolute Gasteiger partial charge is 0.251 e. The number of nitrogens with zero attached hydrogens (tertiary/aromatic N) is 2. The van der Waals surface area contributed by atoms with Crippen molar-refractivity contribution in [1.82, 2.24) is 15.1 Å². The second-order valence-corrected chi connectivity index (χ2v) is 7.10. The summed E-state index contributed by atoms with van der Waals surface area (Å²) in [4.78, 5) is 12.7. The van der Waals surface area contributed by atoms with Crippen LogP contribution in [0.25, 0.3) is 0 Å². The zero-order valence-electron chi connectivity index (χ0n) is 14.5. The fraction of sp³-hybridized carbons (Fsp3) is 0.474. The number of hydrogen-bond donors (Lipinski definition) is 2. The minimum Gasteiger partial charge on any atom is -0.496 e. The number of ether oxygens (including phenoxy) is 1. The molecule has 25 heavy (non-hydrogen) atoms. The fourth-order valence-corrected chi connectivity index (χ4v) is 3.55. The van der Waals surface area contributed by atoms with Gasteiger partial charge in [-0.3, -0.25) is 9.48 Å². The summed E-state index contributed by atoms with van der Waals surface area (Å²) in [5, 5.41) is 17.4. The van der Waals surface area contributed by atoms with E-state index in [2.05, 4.69) is 10.4 Å². The van der Waals surface area contributed by atoms with Crippen molar-refractivity contribution in [3.8, 4) is 5.75 Å². The van der Waals surface area contributed by atoms with Gasteiger partial charge < -0.3 is 15.2 Å². The van der Waals surface area contributed by atoms with E-state index in [0.717, 1.165) is 29.7 Å². The van der Waals surface area contributed by atoms with E-state index in [4.69, 9.17) is 4.74 Å². The van der Waals surface area contributed by atoms with Crippen molar-refractivity contribution < 1.29 is 14.6 Å². The van der Waals surface area contributed by atoms with Gasteiger partial charge in [0.05, 0.1) is 31.5 Å². The first-order valence-electron chi connectivity index (χ1n) is 8.74. The van der Waals surface area contributed by atoms with Crippen molar-refractivity contribution in [1.29, 1.82) is 0 Å². The molecule has 6 heteroatoms. The maximum Gasteiger partial charge on any atom is 0.251 e. The van der Waals surface area contributed by atoms with Crippen molar-refractivity contribution in [2.24, 2.45) is 0 Å². The highest BCUT2D eigenvalue weighted by molar-refractivity contribution is 5.95. The SMILES string of the molecule is COc1ccc(C(=O)N[C@H]2C[C@@H](O)[C@@H]2n2cc(C)cn2)cc1C1CC1. The molecule has 6 nitrogen and oxygen atoms in total. The van der Waals surface area contributed by atoms with E-state index in [1.165, 1.54) is 0 Å². The Kier molecular flexibility index (Phi) is 4.00. The van der Waals surface area contributed by atoms with E-state index in [0.29, 0.717) is 17.9 Å². The number of aliphatic hydroxyl groups is 1. The lowest BCUT2D eigenvalue weighted by molar-refractivity contribution is -0.00590. The van der Waals surface area contributed by atoms with Crippen LogP contribution in [0, 0.1) is 6.92 Å². The number of amides is 1. The van der Waals surface area contributed by atoms with Crippen LogP contribution in [0.1, 0.15) is 52.7 Å². The molecule has 1 aromatic carbocycles. The highest BCUT2D eigenvalue weighted by Crippen LogP contribution is 2.44. The van der Waals surface area contributed by atoms with Gasteiger partial charge in [0, 0.05) is 11.8 Å². The molecule has 1 aromatic heterocycles. The standard InChI is InChI=1S/C19H23N3O3/c1-11-9-20-22(10-11)18-15(8-16(18)23)21-19(24)13-5-6-17(25-2)14(7-13)12-3-4-12/h5-7,9-10,12,15-16,18,23H,3-4,8H2,1-2H3,(H,21,24)/t15-,16+,18+/m0/s1. The molecule has 0 unspecified atom stereocenters. The summed E-state index contributed by atoms with van der Waals surface area (Å²) >= 11 is 0. The van der Waals surface area contributed by atoms with Gasteiger partial charge in [0.2, 0.25) is 0 Å². The third-order valence-electron chi connectivity index (χ3n) is 5.16. The molecule has 3 atom stereocenters. The van der Waals surface area contributed by atoms with Crippen LogP contribution in [-0.2, 0) is 0 Å². The lowest BCUT2D eigenvalue weighted by Gasteiger charge is -2.41. The largest absolute Gasteiger partial charge is 0.496 e. The molecule has 2 saturated carbocycles. The molecule has 132 valence electrons. The van der Waals surface area contributed by atoms with E-state index < -0.39 is 6.10 Å². The van der Waals surface area contributed by atoms with Crippen molar-refractivity contribution >= 4 is 5.91 Å². The second kappa shape index (κ2) is 6.19. The topological polar surface area (TPSA) is 76.4 Å². The molecule has 4 rings (SSSR count). The van der Waals surface area contributed by atoms with Gasteiger partial charge in [0.25, 0.3) is 5.91 Å². The zero-order chi connectivity index (χ0) is 17.6. The van der Waals surface area contributed by atoms with Gasteiger partial charge in [0.15, 0.2) is 0 Å². The van der Waals surface area contributed by atoms with Crippen LogP contribution in [0.3, 0.4) is 0 Å². The number of aromatic nitrogens is 2. The molecule has 2 aliphatic rings. The molecule has 1 heterocycles. The van der Waals surface area contributed by atoms with Crippen LogP contribution in [-0.4, -0.2) is 40.0 Å². The molecule has 2 aliphatic carbocycles. The van der Waals surface area contributed by atoms with Gasteiger partial charge in [0.1, 0.15) is 5.75 Å². The van der Waals surface area contributed by atoms with E-state index in [9.17, 15) is 9.90 Å². The Hall–Kier alpha value is -2.34. The minimum atomic E-state index is -0.484. The van der Waals surface area contributed by atoms with Crippen LogP contribution in [0.15, 0.2) is 30.6 Å². The summed E-state index contributed by atoms with van der Waals surface area (Å²) < 4.78 is 7.16. The normalized spacial score (nSPS) is 25.3. The zero-order valence-corrected chi connectivity index (χ0v) is 14.5. The summed E-state index contributed by atoms with van der Waals surface area (Å²) in [6.07, 6.45) is 6.01. The number of aryl methyl sites for hydroxylation is 1. The van der Waals surface area contributed by atoms with Gasteiger partial charge in [-0.1, -0.05) is 0 Å². The highest BCUT2D eigenvalue weighted by atomic mass is 16.5. The lowest BCUT2D eigenvalue weighted by Crippen LogP contribution is -2.56. The van der Waals surface area contributed by atoms with Crippen LogP contribution < -0.4 is 10.1 Å². The maximum absolute atomic E-state index is 12.7. The number of hydrogen-bond acceptors (Lipinski definition) is 4. The monoisotopic (exact) mass is 341 g/mol. The van der Waals surface area contributed by atoms with Gasteiger partial charge in [-0.05, 0) is 61.4 Å². The number of nitrogens with one attached hydrogen (secondary N) is 1. The first-order valence-corrected chi connectivity index (χ1v) is 8.74. The average Bonchev–Trinajstić information content (AvgIpc) is 3.36. The molecule has 0 saturated heterocycles. The minimum absolute atomic E-state index is 0.115. The summed E-state index contributed by atoms with van der Waals surface area (Å²) in [5.74, 6) is 1.24. The van der Waals surface area contributed by atoms with Gasteiger partial charge in [-0.2, -0.15) is 5.10 Å². The third-order valence-corrected chi connectivity index (χ3v) is 5.16. The highest BCUT2D eigenvalue weighted by Gasteiger charge is 2.43. The molecule has 0 radical (unpaired) electrons. The number of carbonyl (C=O) groups excluding carboxylic acids is 1. The lowest BCUT2D eigenvalue weighted by atomic mass is 9.82. The van der Waals surface area contributed by atoms with Gasteiger partial charge in [-0.25, -0.2) is 0 Å². The van der Waals surface area contributed by atoms with E-state index in [1.807, 2.05) is 25.3 Å². The molecule has 2 fully saturated rings. The molecule has 0 spiro atoms. The number of methoxy groups -OCH3 is 1. The van der Waals surface area contributed by atoms with Crippen molar-refractivity contribution in [3.05, 3.63) is 47.3 Å². The fourth-order valence-electron chi connectivity index (χ4n) is 3.55. The molecule has 0 bridgehead atoms. The summed E-state index contributed by atoms with van der Waals surface area (Å²) in [7, 11) is 1.66. The van der Waals surface area contributed by atoms with E-state index >= 15 is 0 Å². The van der Waals surface area contributed by atoms with E-state index in [-0.39, 0.29) is 18.0 Å². The van der Waals surface area contributed by atoms with E-state index in [1.54, 1.807) is 24.1 Å².